The zero-order valence-electron chi connectivity index (χ0n) is 17.6. The Hall–Kier alpha value is -2.72. The predicted octanol–water partition coefficient (Wildman–Crippen LogP) is 2.45. The van der Waals surface area contributed by atoms with Crippen LogP contribution in [0.2, 0.25) is 0 Å². The number of hydrogen-bond donors (Lipinski definition) is 0. The minimum atomic E-state index is -3.45. The highest BCUT2D eigenvalue weighted by molar-refractivity contribution is 7.90. The van der Waals surface area contributed by atoms with E-state index in [2.05, 4.69) is 5.10 Å². The molecule has 0 N–H and O–H groups in total. The van der Waals surface area contributed by atoms with Gasteiger partial charge in [0.25, 0.3) is 0 Å². The van der Waals surface area contributed by atoms with Gasteiger partial charge in [-0.3, -0.25) is 9.63 Å². The number of carbonyl (C=O) groups is 2. The smallest absolute Gasteiger partial charge is 0.389 e. The lowest BCUT2D eigenvalue weighted by atomic mass is 9.95. The molecule has 0 atom stereocenters. The van der Waals surface area contributed by atoms with Crippen LogP contribution in [0, 0.1) is 20.8 Å². The second-order valence-corrected chi connectivity index (χ2v) is 8.60. The molecule has 2 rings (SSSR count). The molecular formula is C19H25N3O6S. The van der Waals surface area contributed by atoms with Crippen molar-refractivity contribution < 1.29 is 27.6 Å². The van der Waals surface area contributed by atoms with E-state index in [9.17, 15) is 18.0 Å². The van der Waals surface area contributed by atoms with Gasteiger partial charge >= 0.3 is 6.09 Å². The van der Waals surface area contributed by atoms with E-state index >= 15 is 0 Å². The van der Waals surface area contributed by atoms with Crippen molar-refractivity contribution in [1.29, 1.82) is 0 Å². The van der Waals surface area contributed by atoms with Crippen molar-refractivity contribution in [2.75, 3.05) is 20.4 Å². The first kappa shape index (κ1) is 22.6. The highest BCUT2D eigenvalue weighted by atomic mass is 32.2. The van der Waals surface area contributed by atoms with E-state index in [0.29, 0.717) is 28.8 Å². The van der Waals surface area contributed by atoms with Crippen molar-refractivity contribution in [3.63, 3.8) is 0 Å². The molecule has 2 aromatic rings. The molecule has 9 nitrogen and oxygen atoms in total. The van der Waals surface area contributed by atoms with Crippen LogP contribution in [0.15, 0.2) is 17.2 Å². The fraction of sp³-hybridized carbons (Fsp3) is 0.421. The lowest BCUT2D eigenvalue weighted by Crippen LogP contribution is -2.29. The van der Waals surface area contributed by atoms with Crippen molar-refractivity contribution in [3.8, 4) is 5.88 Å². The van der Waals surface area contributed by atoms with Gasteiger partial charge in [0.15, 0.2) is 15.6 Å². The lowest BCUT2D eigenvalue weighted by Gasteiger charge is -2.16. The van der Waals surface area contributed by atoms with Gasteiger partial charge in [0, 0.05) is 25.4 Å². The zero-order valence-corrected chi connectivity index (χ0v) is 18.4. The second-order valence-electron chi connectivity index (χ2n) is 6.65. The standard InChI is InChI=1S/C19H25N3O6S/c1-8-22-18(28-19(24)21(5)27-6)15(10-20-22)16(23)14-9-11(2)17(29(7,25)26)13(4)12(14)3/h9-10H,8H2,1-7H3. The molecule has 1 aromatic heterocycles. The van der Waals surface area contributed by atoms with E-state index in [4.69, 9.17) is 9.57 Å². The highest BCUT2D eigenvalue weighted by Crippen LogP contribution is 2.30. The van der Waals surface area contributed by atoms with Crippen LogP contribution in [-0.2, 0) is 21.2 Å². The molecule has 29 heavy (non-hydrogen) atoms. The summed E-state index contributed by atoms with van der Waals surface area (Å²) in [6.07, 6.45) is 1.65. The third kappa shape index (κ3) is 4.33. The Bertz CT molecular complexity index is 1070. The third-order valence-corrected chi connectivity index (χ3v) is 6.06. The summed E-state index contributed by atoms with van der Waals surface area (Å²) >= 11 is 0. The molecule has 158 valence electrons. The Morgan fingerprint density at radius 1 is 1.17 bits per heavy atom. The van der Waals surface area contributed by atoms with Crippen LogP contribution in [0.5, 0.6) is 5.88 Å². The average Bonchev–Trinajstić information content (AvgIpc) is 3.04. The molecule has 0 saturated heterocycles. The number of ether oxygens (including phenoxy) is 1. The van der Waals surface area contributed by atoms with E-state index in [1.54, 1.807) is 27.7 Å². The quantitative estimate of drug-likeness (QED) is 0.519. The second kappa shape index (κ2) is 8.34. The van der Waals surface area contributed by atoms with Crippen molar-refractivity contribution in [3.05, 3.63) is 40.1 Å². The van der Waals surface area contributed by atoms with Crippen LogP contribution >= 0.6 is 0 Å². The summed E-state index contributed by atoms with van der Waals surface area (Å²) in [6.45, 7) is 7.16. The molecule has 0 saturated carbocycles. The molecule has 0 aliphatic rings. The Labute approximate surface area is 170 Å². The number of carbonyl (C=O) groups excluding carboxylic acids is 2. The van der Waals surface area contributed by atoms with Gasteiger partial charge in [0.2, 0.25) is 5.88 Å². The van der Waals surface area contributed by atoms with E-state index in [1.807, 2.05) is 0 Å². The molecule has 1 aromatic carbocycles. The summed E-state index contributed by atoms with van der Waals surface area (Å²) < 4.78 is 30.9. The molecule has 0 unspecified atom stereocenters. The van der Waals surface area contributed by atoms with Gasteiger partial charge in [-0.2, -0.15) is 10.2 Å². The first-order valence-corrected chi connectivity index (χ1v) is 10.7. The van der Waals surface area contributed by atoms with E-state index < -0.39 is 21.7 Å². The molecule has 0 radical (unpaired) electrons. The predicted molar refractivity (Wildman–Crippen MR) is 106 cm³/mol. The number of hydroxylamine groups is 2. The van der Waals surface area contributed by atoms with Gasteiger partial charge in [-0.05, 0) is 50.5 Å². The van der Waals surface area contributed by atoms with Crippen molar-refractivity contribution in [2.45, 2.75) is 39.1 Å². The number of hydrogen-bond acceptors (Lipinski definition) is 7. The zero-order chi connectivity index (χ0) is 22.1. The first-order valence-electron chi connectivity index (χ1n) is 8.85. The molecule has 0 aliphatic heterocycles. The van der Waals surface area contributed by atoms with Crippen LogP contribution in [0.1, 0.15) is 39.5 Å². The van der Waals surface area contributed by atoms with Crippen LogP contribution in [0.3, 0.4) is 0 Å². The molecule has 0 spiro atoms. The normalized spacial score (nSPS) is 11.4. The number of aryl methyl sites for hydroxylation is 2. The fourth-order valence-corrected chi connectivity index (χ4v) is 4.45. The van der Waals surface area contributed by atoms with Crippen molar-refractivity contribution in [2.24, 2.45) is 0 Å². The molecule has 10 heteroatoms. The maximum atomic E-state index is 13.3. The number of sulfone groups is 1. The minimum Gasteiger partial charge on any atom is -0.389 e. The third-order valence-electron chi connectivity index (χ3n) is 4.69. The fourth-order valence-electron chi connectivity index (χ4n) is 3.09. The molecule has 0 bridgehead atoms. The first-order chi connectivity index (χ1) is 13.4. The number of aromatic nitrogens is 2. The summed E-state index contributed by atoms with van der Waals surface area (Å²) in [5.41, 5.74) is 1.94. The summed E-state index contributed by atoms with van der Waals surface area (Å²) in [5, 5.41) is 4.99. The monoisotopic (exact) mass is 423 g/mol. The summed E-state index contributed by atoms with van der Waals surface area (Å²) in [6, 6.07) is 1.54. The van der Waals surface area contributed by atoms with Crippen LogP contribution in [-0.4, -0.2) is 55.6 Å². The number of ketones is 1. The van der Waals surface area contributed by atoms with E-state index in [0.717, 1.165) is 11.3 Å². The summed E-state index contributed by atoms with van der Waals surface area (Å²) in [5.74, 6) is -0.426. The number of benzene rings is 1. The van der Waals surface area contributed by atoms with Crippen LogP contribution < -0.4 is 4.74 Å². The highest BCUT2D eigenvalue weighted by Gasteiger charge is 2.27. The maximum absolute atomic E-state index is 13.3. The topological polar surface area (TPSA) is 108 Å². The Morgan fingerprint density at radius 2 is 1.79 bits per heavy atom. The van der Waals surface area contributed by atoms with Gasteiger partial charge in [0.05, 0.1) is 18.2 Å². The van der Waals surface area contributed by atoms with Gasteiger partial charge in [-0.25, -0.2) is 17.9 Å². The SMILES string of the molecule is CCn1ncc(C(=O)c2cc(C)c(S(C)(=O)=O)c(C)c2C)c1OC(=O)N(C)OC. The number of amides is 1. The summed E-state index contributed by atoms with van der Waals surface area (Å²) in [7, 11) is -0.766. The Balaban J connectivity index is 2.59. The van der Waals surface area contributed by atoms with E-state index in [1.165, 1.54) is 31.1 Å². The van der Waals surface area contributed by atoms with Gasteiger partial charge in [-0.15, -0.1) is 0 Å². The maximum Gasteiger partial charge on any atom is 0.440 e. The van der Waals surface area contributed by atoms with E-state index in [-0.39, 0.29) is 16.3 Å². The molecule has 1 heterocycles. The van der Waals surface area contributed by atoms with Crippen molar-refractivity contribution >= 4 is 21.7 Å². The lowest BCUT2D eigenvalue weighted by molar-refractivity contribution is -0.0797. The van der Waals surface area contributed by atoms with Gasteiger partial charge in [0.1, 0.15) is 5.56 Å². The molecule has 0 fully saturated rings. The Morgan fingerprint density at radius 3 is 2.31 bits per heavy atom. The Kier molecular flexibility index (Phi) is 6.49. The van der Waals surface area contributed by atoms with Crippen LogP contribution in [0.25, 0.3) is 0 Å². The molecular weight excluding hydrogens is 398 g/mol. The molecule has 1 amide bonds. The summed E-state index contributed by atoms with van der Waals surface area (Å²) in [4.78, 5) is 30.4. The number of rotatable bonds is 6. The van der Waals surface area contributed by atoms with Gasteiger partial charge < -0.3 is 4.74 Å². The van der Waals surface area contributed by atoms with Gasteiger partial charge in [-0.1, -0.05) is 0 Å². The molecule has 0 aliphatic carbocycles. The average molecular weight is 423 g/mol. The van der Waals surface area contributed by atoms with Crippen LogP contribution in [0.4, 0.5) is 4.79 Å². The number of nitrogens with zero attached hydrogens (tertiary/aromatic N) is 3. The largest absolute Gasteiger partial charge is 0.440 e. The van der Waals surface area contributed by atoms with Crippen molar-refractivity contribution in [1.82, 2.24) is 14.8 Å². The minimum absolute atomic E-state index is 0.00621.